The van der Waals surface area contributed by atoms with E-state index in [1.807, 2.05) is 17.0 Å². The molecule has 0 saturated carbocycles. The van der Waals surface area contributed by atoms with Crippen molar-refractivity contribution < 1.29 is 9.59 Å². The maximum Gasteiger partial charge on any atom is 0.239 e. The van der Waals surface area contributed by atoms with Crippen LogP contribution in [-0.2, 0) is 22.4 Å². The molecular weight excluding hydrogens is 320 g/mol. The second-order valence-electron chi connectivity index (χ2n) is 6.48. The van der Waals surface area contributed by atoms with Gasteiger partial charge in [0.1, 0.15) is 5.82 Å². The molecule has 2 aromatic rings. The molecule has 8 nitrogen and oxygen atoms in total. The van der Waals surface area contributed by atoms with Gasteiger partial charge in [-0.1, -0.05) is 0 Å². The summed E-state index contributed by atoms with van der Waals surface area (Å²) in [7, 11) is 0. The number of aryl methyl sites for hydroxylation is 1. The largest absolute Gasteiger partial charge is 0.353 e. The number of amides is 2. The normalized spacial score (nSPS) is 19.9. The lowest BCUT2D eigenvalue weighted by Crippen LogP contribution is -2.48. The van der Waals surface area contributed by atoms with E-state index in [1.54, 1.807) is 12.4 Å². The summed E-state index contributed by atoms with van der Waals surface area (Å²) < 4.78 is 0. The molecule has 1 atom stereocenters. The molecular formula is C17H20N6O2. The molecule has 0 unspecified atom stereocenters. The number of rotatable bonds is 3. The summed E-state index contributed by atoms with van der Waals surface area (Å²) in [6.45, 7) is 1.67. The van der Waals surface area contributed by atoms with Crippen molar-refractivity contribution in [1.82, 2.24) is 20.5 Å². The molecule has 4 rings (SSSR count). The first-order valence-corrected chi connectivity index (χ1v) is 8.49. The zero-order valence-corrected chi connectivity index (χ0v) is 13.8. The number of pyridine rings is 1. The number of fused-ring (bicyclic) bond motifs is 1. The number of nitrogens with one attached hydrogen (secondary N) is 3. The number of hydrogen-bond donors (Lipinski definition) is 3. The molecule has 1 aliphatic carbocycles. The van der Waals surface area contributed by atoms with Crippen molar-refractivity contribution in [1.29, 1.82) is 0 Å². The van der Waals surface area contributed by atoms with E-state index in [0.29, 0.717) is 25.2 Å². The van der Waals surface area contributed by atoms with Gasteiger partial charge < -0.3 is 15.5 Å². The minimum absolute atomic E-state index is 0.00124. The summed E-state index contributed by atoms with van der Waals surface area (Å²) in [5.41, 5.74) is 2.94. The molecule has 130 valence electrons. The van der Waals surface area contributed by atoms with E-state index in [4.69, 9.17) is 0 Å². The van der Waals surface area contributed by atoms with Gasteiger partial charge >= 0.3 is 0 Å². The van der Waals surface area contributed by atoms with Crippen molar-refractivity contribution in [3.63, 3.8) is 0 Å². The van der Waals surface area contributed by atoms with Crippen LogP contribution < -0.4 is 15.5 Å². The zero-order valence-electron chi connectivity index (χ0n) is 13.8. The topological polar surface area (TPSA) is 103 Å². The number of hydrogen-bond acceptors (Lipinski definition) is 5. The van der Waals surface area contributed by atoms with Crippen LogP contribution in [0.3, 0.4) is 0 Å². The molecule has 1 saturated heterocycles. The highest BCUT2D eigenvalue weighted by Gasteiger charge is 2.26. The molecule has 0 bridgehead atoms. The first kappa shape index (κ1) is 15.6. The van der Waals surface area contributed by atoms with Gasteiger partial charge in [0.05, 0.1) is 24.6 Å². The summed E-state index contributed by atoms with van der Waals surface area (Å²) in [5, 5.41) is 12.8. The highest BCUT2D eigenvalue weighted by atomic mass is 16.2. The first-order chi connectivity index (χ1) is 12.2. The smallest absolute Gasteiger partial charge is 0.239 e. The highest BCUT2D eigenvalue weighted by Crippen LogP contribution is 2.25. The average molecular weight is 340 g/mol. The van der Waals surface area contributed by atoms with Crippen LogP contribution in [0.5, 0.6) is 0 Å². The lowest BCUT2D eigenvalue weighted by molar-refractivity contribution is -0.121. The van der Waals surface area contributed by atoms with E-state index in [1.165, 1.54) is 0 Å². The van der Waals surface area contributed by atoms with Crippen molar-refractivity contribution in [2.45, 2.75) is 19.3 Å². The number of carbonyl (C=O) groups excluding carboxylic acids is 2. The van der Waals surface area contributed by atoms with Crippen molar-refractivity contribution in [3.8, 4) is 0 Å². The monoisotopic (exact) mass is 340 g/mol. The summed E-state index contributed by atoms with van der Waals surface area (Å²) in [4.78, 5) is 30.3. The Morgan fingerprint density at radius 3 is 3.04 bits per heavy atom. The number of nitrogens with zero attached hydrogens (tertiary/aromatic N) is 3. The number of H-pyrrole nitrogens is 1. The molecule has 2 amide bonds. The minimum atomic E-state index is -0.0458. The van der Waals surface area contributed by atoms with Crippen molar-refractivity contribution in [2.75, 3.05) is 29.9 Å². The van der Waals surface area contributed by atoms with Crippen LogP contribution in [0.4, 0.5) is 11.5 Å². The van der Waals surface area contributed by atoms with Crippen LogP contribution in [0, 0.1) is 5.92 Å². The molecule has 8 heteroatoms. The third-order valence-electron chi connectivity index (χ3n) is 4.77. The Morgan fingerprint density at radius 2 is 2.24 bits per heavy atom. The fraction of sp³-hybridized carbons (Fsp3) is 0.412. The number of aromatic amines is 1. The van der Waals surface area contributed by atoms with Gasteiger partial charge in [-0.05, 0) is 37.0 Å². The Labute approximate surface area is 145 Å². The Bertz CT molecular complexity index is 785. The Kier molecular flexibility index (Phi) is 4.09. The Balaban J connectivity index is 1.38. The van der Waals surface area contributed by atoms with Crippen molar-refractivity contribution in [3.05, 3.63) is 35.8 Å². The zero-order chi connectivity index (χ0) is 17.2. The molecule has 2 aliphatic rings. The van der Waals surface area contributed by atoms with Gasteiger partial charge in [-0.3, -0.25) is 14.7 Å². The fourth-order valence-electron chi connectivity index (χ4n) is 3.37. The number of piperazine rings is 1. The molecule has 25 heavy (non-hydrogen) atoms. The maximum atomic E-state index is 12.5. The lowest BCUT2D eigenvalue weighted by atomic mass is 9.87. The van der Waals surface area contributed by atoms with E-state index in [9.17, 15) is 9.59 Å². The fourth-order valence-corrected chi connectivity index (χ4v) is 3.37. The molecule has 3 N–H and O–H groups in total. The number of aromatic nitrogens is 3. The van der Waals surface area contributed by atoms with E-state index in [-0.39, 0.29) is 17.7 Å². The molecule has 0 spiro atoms. The molecule has 3 heterocycles. The Morgan fingerprint density at radius 1 is 1.32 bits per heavy atom. The van der Waals surface area contributed by atoms with Gasteiger partial charge in [0.25, 0.3) is 0 Å². The van der Waals surface area contributed by atoms with Gasteiger partial charge in [0, 0.05) is 24.7 Å². The second kappa shape index (κ2) is 6.54. The molecule has 2 aromatic heterocycles. The summed E-state index contributed by atoms with van der Waals surface area (Å²) in [5.74, 6) is 0.712. The van der Waals surface area contributed by atoms with Gasteiger partial charge in [-0.2, -0.15) is 5.10 Å². The standard InChI is InChI=1S/C17H20N6O2/c24-16-10-23(6-5-18-16)15-4-2-13(9-19-15)21-17(25)11-1-3-14-12(7-11)8-20-22-14/h2,4,8-9,11H,1,3,5-7,10H2,(H,18,24)(H,20,22)(H,21,25)/t11-/m0/s1. The minimum Gasteiger partial charge on any atom is -0.353 e. The molecule has 1 aliphatic heterocycles. The third-order valence-corrected chi connectivity index (χ3v) is 4.77. The van der Waals surface area contributed by atoms with E-state index in [2.05, 4.69) is 25.8 Å². The lowest BCUT2D eigenvalue weighted by Gasteiger charge is -2.27. The van der Waals surface area contributed by atoms with Crippen LogP contribution >= 0.6 is 0 Å². The molecule has 0 radical (unpaired) electrons. The van der Waals surface area contributed by atoms with Crippen LogP contribution in [-0.4, -0.2) is 46.6 Å². The van der Waals surface area contributed by atoms with Crippen LogP contribution in [0.15, 0.2) is 24.5 Å². The number of anilines is 2. The molecule has 0 aromatic carbocycles. The van der Waals surface area contributed by atoms with E-state index >= 15 is 0 Å². The SMILES string of the molecule is O=C1CN(c2ccc(NC(=O)[C@H]3CCc4[nH]ncc4C3)cn2)CCN1. The van der Waals surface area contributed by atoms with E-state index < -0.39 is 0 Å². The maximum absolute atomic E-state index is 12.5. The third kappa shape index (κ3) is 3.33. The summed E-state index contributed by atoms with van der Waals surface area (Å²) in [6.07, 6.45) is 5.83. The van der Waals surface area contributed by atoms with Crippen molar-refractivity contribution in [2.24, 2.45) is 5.92 Å². The average Bonchev–Trinajstić information content (AvgIpc) is 3.10. The highest BCUT2D eigenvalue weighted by molar-refractivity contribution is 5.92. The van der Waals surface area contributed by atoms with Gasteiger partial charge in [0.15, 0.2) is 0 Å². The second-order valence-corrected chi connectivity index (χ2v) is 6.48. The van der Waals surface area contributed by atoms with Crippen LogP contribution in [0.25, 0.3) is 0 Å². The number of carbonyl (C=O) groups is 2. The van der Waals surface area contributed by atoms with E-state index in [0.717, 1.165) is 36.5 Å². The summed E-state index contributed by atoms with van der Waals surface area (Å²) in [6, 6.07) is 3.67. The van der Waals surface area contributed by atoms with Gasteiger partial charge in [-0.15, -0.1) is 0 Å². The van der Waals surface area contributed by atoms with Crippen molar-refractivity contribution >= 4 is 23.3 Å². The summed E-state index contributed by atoms with van der Waals surface area (Å²) >= 11 is 0. The Hall–Kier alpha value is -2.90. The quantitative estimate of drug-likeness (QED) is 0.754. The molecule has 1 fully saturated rings. The van der Waals surface area contributed by atoms with Gasteiger partial charge in [-0.25, -0.2) is 4.98 Å². The predicted octanol–water partition coefficient (Wildman–Crippen LogP) is 0.484. The van der Waals surface area contributed by atoms with Crippen LogP contribution in [0.1, 0.15) is 17.7 Å². The predicted molar refractivity (Wildman–Crippen MR) is 92.2 cm³/mol. The first-order valence-electron chi connectivity index (χ1n) is 8.49. The van der Waals surface area contributed by atoms with Gasteiger partial charge in [0.2, 0.25) is 11.8 Å². The van der Waals surface area contributed by atoms with Crippen LogP contribution in [0.2, 0.25) is 0 Å².